The molecule has 2 fully saturated rings. The highest BCUT2D eigenvalue weighted by molar-refractivity contribution is 6.05. The monoisotopic (exact) mass is 693 g/mol. The maximum atomic E-state index is 13.1. The zero-order valence-corrected chi connectivity index (χ0v) is 28.0. The van der Waals surface area contributed by atoms with Gasteiger partial charge in [-0.2, -0.15) is 18.3 Å². The summed E-state index contributed by atoms with van der Waals surface area (Å²) in [5, 5.41) is 8.19. The van der Waals surface area contributed by atoms with Gasteiger partial charge in [-0.25, -0.2) is 9.78 Å². The molecule has 0 bridgehead atoms. The number of rotatable bonds is 11. The predicted octanol–water partition coefficient (Wildman–Crippen LogP) is 7.90. The number of carbonyl (C=O) groups is 2. The van der Waals surface area contributed by atoms with Gasteiger partial charge in [-0.15, -0.1) is 0 Å². The number of hydrogen-bond donors (Lipinski definition) is 1. The van der Waals surface area contributed by atoms with Crippen LogP contribution in [0.3, 0.4) is 0 Å². The lowest BCUT2D eigenvalue weighted by atomic mass is 9.86. The van der Waals surface area contributed by atoms with Crippen molar-refractivity contribution in [1.29, 1.82) is 0 Å². The number of pyridine rings is 1. The van der Waals surface area contributed by atoms with Gasteiger partial charge in [0.15, 0.2) is 0 Å². The number of anilines is 1. The third-order valence-electron chi connectivity index (χ3n) is 9.66. The summed E-state index contributed by atoms with van der Waals surface area (Å²) in [6.45, 7) is 3.17. The Hall–Kier alpha value is -4.65. The number of ether oxygens (including phenoxy) is 3. The van der Waals surface area contributed by atoms with Crippen LogP contribution in [0, 0.1) is 11.8 Å². The third-order valence-corrected chi connectivity index (χ3v) is 9.66. The van der Waals surface area contributed by atoms with Gasteiger partial charge in [0.1, 0.15) is 23.7 Å². The summed E-state index contributed by atoms with van der Waals surface area (Å²) in [4.78, 5) is 30.5. The molecule has 0 atom stereocenters. The van der Waals surface area contributed by atoms with Gasteiger partial charge in [0.2, 0.25) is 0 Å². The predicted molar refractivity (Wildman–Crippen MR) is 181 cm³/mol. The molecule has 2 aromatic carbocycles. The second-order valence-electron chi connectivity index (χ2n) is 13.1. The van der Waals surface area contributed by atoms with Crippen molar-refractivity contribution in [2.24, 2.45) is 11.8 Å². The van der Waals surface area contributed by atoms with E-state index in [2.05, 4.69) is 10.3 Å². The molecule has 1 aliphatic heterocycles. The first-order valence-electron chi connectivity index (χ1n) is 17.1. The molecule has 2 aromatic heterocycles. The molecule has 0 radical (unpaired) electrons. The molecule has 1 saturated carbocycles. The van der Waals surface area contributed by atoms with Crippen LogP contribution < -0.4 is 10.1 Å². The van der Waals surface area contributed by atoms with Crippen LogP contribution in [0.15, 0.2) is 66.9 Å². The van der Waals surface area contributed by atoms with Gasteiger partial charge < -0.3 is 24.4 Å². The van der Waals surface area contributed by atoms with Crippen LogP contribution >= 0.6 is 0 Å². The van der Waals surface area contributed by atoms with Crippen molar-refractivity contribution >= 4 is 28.6 Å². The van der Waals surface area contributed by atoms with E-state index in [-0.39, 0.29) is 17.8 Å². The standard InChI is InChI=1S/C37H42F3N5O5/c1-48-33-21-31-28(20-32(33)42-35(46)30-8-5-9-34(41-30)37(38,39)40)22-45(43-31)29-12-10-27(11-13-29)23-49-19-16-25-14-17-44(18-15-25)36(47)50-24-26-6-3-2-4-7-26/h2-9,20-22,25,27,29H,10-19,23-24H2,1H3,(H,42,46). The van der Waals surface area contributed by atoms with Crippen molar-refractivity contribution in [3.8, 4) is 5.75 Å². The number of nitrogens with one attached hydrogen (secondary N) is 1. The molecular formula is C37H42F3N5O5. The van der Waals surface area contributed by atoms with Crippen LogP contribution in [-0.4, -0.2) is 65.1 Å². The average Bonchev–Trinajstić information content (AvgIpc) is 3.55. The molecule has 6 rings (SSSR count). The maximum Gasteiger partial charge on any atom is 0.433 e. The summed E-state index contributed by atoms with van der Waals surface area (Å²) in [5.41, 5.74) is 0.506. The third kappa shape index (κ3) is 8.92. The highest BCUT2D eigenvalue weighted by Crippen LogP contribution is 2.36. The van der Waals surface area contributed by atoms with Gasteiger partial charge >= 0.3 is 12.3 Å². The van der Waals surface area contributed by atoms with Crippen molar-refractivity contribution in [3.05, 3.63) is 83.8 Å². The number of likely N-dealkylation sites (tertiary alicyclic amines) is 1. The Kier molecular flexibility index (Phi) is 11.2. The first-order valence-corrected chi connectivity index (χ1v) is 17.1. The summed E-state index contributed by atoms with van der Waals surface area (Å²) < 4.78 is 58.3. The Morgan fingerprint density at radius 3 is 2.42 bits per heavy atom. The van der Waals surface area contributed by atoms with Crippen LogP contribution in [0.1, 0.15) is 72.7 Å². The molecule has 1 N–H and O–H groups in total. The van der Waals surface area contributed by atoms with E-state index in [1.54, 1.807) is 17.0 Å². The lowest BCUT2D eigenvalue weighted by molar-refractivity contribution is -0.141. The highest BCUT2D eigenvalue weighted by Gasteiger charge is 2.33. The number of halogens is 3. The number of fused-ring (bicyclic) bond motifs is 1. The molecule has 13 heteroatoms. The Morgan fingerprint density at radius 1 is 0.940 bits per heavy atom. The Morgan fingerprint density at radius 2 is 1.70 bits per heavy atom. The number of nitrogens with zero attached hydrogens (tertiary/aromatic N) is 4. The minimum absolute atomic E-state index is 0.224. The first kappa shape index (κ1) is 35.2. The molecule has 1 aliphatic carbocycles. The summed E-state index contributed by atoms with van der Waals surface area (Å²) in [6, 6.07) is 16.6. The number of alkyl halides is 3. The van der Waals surface area contributed by atoms with E-state index in [0.29, 0.717) is 48.5 Å². The van der Waals surface area contributed by atoms with Crippen molar-refractivity contribution in [2.75, 3.05) is 38.7 Å². The fraction of sp³-hybridized carbons (Fsp3) is 0.459. The van der Waals surface area contributed by atoms with Gasteiger partial charge in [-0.3, -0.25) is 9.48 Å². The zero-order valence-electron chi connectivity index (χ0n) is 28.0. The molecule has 1 saturated heterocycles. The molecular weight excluding hydrogens is 651 g/mol. The van der Waals surface area contributed by atoms with Gasteiger partial charge in [0.05, 0.1) is 24.4 Å². The van der Waals surface area contributed by atoms with Crippen LogP contribution in [0.25, 0.3) is 10.9 Å². The molecule has 0 unspecified atom stereocenters. The second-order valence-corrected chi connectivity index (χ2v) is 13.1. The van der Waals surface area contributed by atoms with E-state index in [1.807, 2.05) is 41.2 Å². The molecule has 50 heavy (non-hydrogen) atoms. The first-order chi connectivity index (χ1) is 24.2. The van der Waals surface area contributed by atoms with E-state index in [9.17, 15) is 22.8 Å². The molecule has 3 heterocycles. The van der Waals surface area contributed by atoms with E-state index in [1.165, 1.54) is 13.2 Å². The molecule has 266 valence electrons. The van der Waals surface area contributed by atoms with Crippen molar-refractivity contribution < 1.29 is 37.0 Å². The summed E-state index contributed by atoms with van der Waals surface area (Å²) in [6.07, 6.45) is 3.91. The maximum absolute atomic E-state index is 13.1. The zero-order chi connectivity index (χ0) is 35.1. The Bertz CT molecular complexity index is 1750. The van der Waals surface area contributed by atoms with Gasteiger partial charge in [0, 0.05) is 44.0 Å². The average molecular weight is 694 g/mol. The minimum atomic E-state index is -4.66. The summed E-state index contributed by atoms with van der Waals surface area (Å²) >= 11 is 0. The number of amides is 2. The molecule has 4 aromatic rings. The van der Waals surface area contributed by atoms with E-state index in [0.717, 1.165) is 81.2 Å². The quantitative estimate of drug-likeness (QED) is 0.159. The molecule has 2 amide bonds. The van der Waals surface area contributed by atoms with Crippen LogP contribution in [0.2, 0.25) is 0 Å². The van der Waals surface area contributed by atoms with E-state index < -0.39 is 17.8 Å². The number of carbonyl (C=O) groups excluding carboxylic acids is 2. The van der Waals surface area contributed by atoms with Gasteiger partial charge in [-0.05, 0) is 80.5 Å². The van der Waals surface area contributed by atoms with E-state index in [4.69, 9.17) is 19.3 Å². The number of hydrogen-bond acceptors (Lipinski definition) is 7. The lowest BCUT2D eigenvalue weighted by Crippen LogP contribution is -2.39. The fourth-order valence-electron chi connectivity index (χ4n) is 6.72. The smallest absolute Gasteiger partial charge is 0.433 e. The minimum Gasteiger partial charge on any atom is -0.494 e. The fourth-order valence-corrected chi connectivity index (χ4v) is 6.72. The molecule has 10 nitrogen and oxygen atoms in total. The van der Waals surface area contributed by atoms with E-state index >= 15 is 0 Å². The number of methoxy groups -OCH3 is 1. The number of aromatic nitrogens is 3. The molecule has 2 aliphatic rings. The SMILES string of the molecule is COc1cc2nn(C3CCC(COCCC4CCN(C(=O)OCc5ccccc5)CC4)CC3)cc2cc1NC(=O)c1cccc(C(F)(F)F)n1. The van der Waals surface area contributed by atoms with Gasteiger partial charge in [0.25, 0.3) is 5.91 Å². The van der Waals surface area contributed by atoms with Crippen molar-refractivity contribution in [2.45, 2.75) is 63.8 Å². The van der Waals surface area contributed by atoms with Crippen LogP contribution in [-0.2, 0) is 22.3 Å². The number of benzene rings is 2. The van der Waals surface area contributed by atoms with Crippen LogP contribution in [0.4, 0.5) is 23.7 Å². The van der Waals surface area contributed by atoms with Crippen LogP contribution in [0.5, 0.6) is 5.75 Å². The summed E-state index contributed by atoms with van der Waals surface area (Å²) in [5.74, 6) is 0.603. The number of piperidine rings is 1. The Labute approximate surface area is 288 Å². The lowest BCUT2D eigenvalue weighted by Gasteiger charge is -2.31. The molecule has 0 spiro atoms. The second kappa shape index (κ2) is 15.9. The largest absolute Gasteiger partial charge is 0.494 e. The Balaban J connectivity index is 0.924. The topological polar surface area (TPSA) is 108 Å². The van der Waals surface area contributed by atoms with Crippen molar-refractivity contribution in [3.63, 3.8) is 0 Å². The van der Waals surface area contributed by atoms with Crippen molar-refractivity contribution in [1.82, 2.24) is 19.7 Å². The normalized spacial score (nSPS) is 18.6. The summed E-state index contributed by atoms with van der Waals surface area (Å²) in [7, 11) is 1.45. The highest BCUT2D eigenvalue weighted by atomic mass is 19.4. The van der Waals surface area contributed by atoms with Gasteiger partial charge in [-0.1, -0.05) is 36.4 Å².